The first-order valence-corrected chi connectivity index (χ1v) is 5.52. The van der Waals surface area contributed by atoms with Gasteiger partial charge in [0.1, 0.15) is 5.60 Å². The summed E-state index contributed by atoms with van der Waals surface area (Å²) < 4.78 is 5.33. The zero-order valence-corrected chi connectivity index (χ0v) is 9.91. The average Bonchev–Trinajstić information content (AvgIpc) is 2.40. The molecule has 2 N–H and O–H groups in total. The van der Waals surface area contributed by atoms with Crippen LogP contribution in [0.3, 0.4) is 0 Å². The lowest BCUT2D eigenvalue weighted by Gasteiger charge is -2.29. The maximum absolute atomic E-state index is 11.0. The lowest BCUT2D eigenvalue weighted by atomic mass is 9.90. The molecule has 1 aromatic carbocycles. The monoisotopic (exact) mass is 219 g/mol. The van der Waals surface area contributed by atoms with Crippen LogP contribution in [0.15, 0.2) is 18.2 Å². The molecular formula is C13H17NO2. The number of amides is 1. The van der Waals surface area contributed by atoms with Crippen LogP contribution in [-0.4, -0.2) is 6.09 Å². The van der Waals surface area contributed by atoms with Crippen LogP contribution in [-0.2, 0) is 16.8 Å². The minimum Gasteiger partial charge on any atom is -0.438 e. The van der Waals surface area contributed by atoms with E-state index >= 15 is 0 Å². The number of primary amides is 1. The molecule has 1 aliphatic rings. The smallest absolute Gasteiger partial charge is 0.405 e. The molecule has 0 aliphatic heterocycles. The van der Waals surface area contributed by atoms with Gasteiger partial charge in [0, 0.05) is 5.92 Å². The highest BCUT2D eigenvalue weighted by atomic mass is 16.6. The second-order valence-electron chi connectivity index (χ2n) is 4.79. The SMILES string of the molecule is Cc1ccc2c(c1)[C@@](C)(OC(N)=O)[C@H](C)C2. The Kier molecular flexibility index (Phi) is 2.41. The molecule has 0 aromatic heterocycles. The highest BCUT2D eigenvalue weighted by molar-refractivity contribution is 5.66. The number of hydrogen-bond acceptors (Lipinski definition) is 2. The summed E-state index contributed by atoms with van der Waals surface area (Å²) >= 11 is 0. The van der Waals surface area contributed by atoms with Gasteiger partial charge in [-0.25, -0.2) is 4.79 Å². The van der Waals surface area contributed by atoms with Crippen molar-refractivity contribution in [1.82, 2.24) is 0 Å². The maximum atomic E-state index is 11.0. The van der Waals surface area contributed by atoms with Crippen molar-refractivity contribution < 1.29 is 9.53 Å². The third kappa shape index (κ3) is 1.56. The van der Waals surface area contributed by atoms with E-state index in [0.717, 1.165) is 12.0 Å². The predicted octanol–water partition coefficient (Wildman–Crippen LogP) is 2.50. The number of fused-ring (bicyclic) bond motifs is 1. The van der Waals surface area contributed by atoms with Crippen molar-refractivity contribution in [3.05, 3.63) is 34.9 Å². The zero-order valence-electron chi connectivity index (χ0n) is 9.91. The van der Waals surface area contributed by atoms with Crippen molar-refractivity contribution in [2.24, 2.45) is 11.7 Å². The molecule has 0 heterocycles. The van der Waals surface area contributed by atoms with E-state index < -0.39 is 11.7 Å². The molecule has 86 valence electrons. The summed E-state index contributed by atoms with van der Waals surface area (Å²) in [6.07, 6.45) is 0.225. The van der Waals surface area contributed by atoms with Gasteiger partial charge >= 0.3 is 6.09 Å². The van der Waals surface area contributed by atoms with Gasteiger partial charge in [-0.1, -0.05) is 30.7 Å². The van der Waals surface area contributed by atoms with Crippen LogP contribution in [0, 0.1) is 12.8 Å². The first-order valence-electron chi connectivity index (χ1n) is 5.52. The average molecular weight is 219 g/mol. The van der Waals surface area contributed by atoms with Gasteiger partial charge in [-0.15, -0.1) is 0 Å². The fraction of sp³-hybridized carbons (Fsp3) is 0.462. The van der Waals surface area contributed by atoms with Crippen molar-refractivity contribution in [2.75, 3.05) is 0 Å². The van der Waals surface area contributed by atoms with Gasteiger partial charge in [0.05, 0.1) is 0 Å². The molecule has 0 saturated carbocycles. The van der Waals surface area contributed by atoms with Crippen LogP contribution in [0.1, 0.15) is 30.5 Å². The molecule has 1 aromatic rings. The number of aryl methyl sites for hydroxylation is 1. The number of rotatable bonds is 1. The Morgan fingerprint density at radius 1 is 1.56 bits per heavy atom. The van der Waals surface area contributed by atoms with Gasteiger partial charge in [-0.3, -0.25) is 0 Å². The Labute approximate surface area is 95.6 Å². The van der Waals surface area contributed by atoms with E-state index in [9.17, 15) is 4.79 Å². The summed E-state index contributed by atoms with van der Waals surface area (Å²) in [5.41, 5.74) is 8.10. The van der Waals surface area contributed by atoms with E-state index in [-0.39, 0.29) is 5.92 Å². The molecule has 1 amide bonds. The number of carbonyl (C=O) groups is 1. The lowest BCUT2D eigenvalue weighted by molar-refractivity contribution is -0.00398. The standard InChI is InChI=1S/C13H17NO2/c1-8-4-5-10-7-9(2)13(3,11(10)6-8)16-12(14)15/h4-6,9H,7H2,1-3H3,(H2,14,15)/t9-,13+/m1/s1. The quantitative estimate of drug-likeness (QED) is 0.789. The van der Waals surface area contributed by atoms with Crippen molar-refractivity contribution in [3.63, 3.8) is 0 Å². The van der Waals surface area contributed by atoms with Crippen molar-refractivity contribution >= 4 is 6.09 Å². The Morgan fingerprint density at radius 3 is 2.88 bits per heavy atom. The first kappa shape index (κ1) is 11.0. The number of benzene rings is 1. The van der Waals surface area contributed by atoms with Crippen LogP contribution in [0.25, 0.3) is 0 Å². The molecule has 1 aliphatic carbocycles. The molecule has 2 rings (SSSR count). The highest BCUT2D eigenvalue weighted by Gasteiger charge is 2.43. The lowest BCUT2D eigenvalue weighted by Crippen LogP contribution is -2.34. The topological polar surface area (TPSA) is 52.3 Å². The van der Waals surface area contributed by atoms with Gasteiger partial charge in [-0.05, 0) is 31.4 Å². The summed E-state index contributed by atoms with van der Waals surface area (Å²) in [6, 6.07) is 6.28. The molecule has 3 nitrogen and oxygen atoms in total. The Hall–Kier alpha value is -1.51. The van der Waals surface area contributed by atoms with Gasteiger partial charge in [0.15, 0.2) is 0 Å². The number of ether oxygens (including phenoxy) is 1. The molecule has 0 unspecified atom stereocenters. The van der Waals surface area contributed by atoms with Gasteiger partial charge in [-0.2, -0.15) is 0 Å². The second kappa shape index (κ2) is 3.51. The summed E-state index contributed by atoms with van der Waals surface area (Å²) in [5, 5.41) is 0. The van der Waals surface area contributed by atoms with Crippen molar-refractivity contribution in [1.29, 1.82) is 0 Å². The van der Waals surface area contributed by atoms with E-state index in [1.807, 2.05) is 13.8 Å². The van der Waals surface area contributed by atoms with Gasteiger partial charge in [0.2, 0.25) is 0 Å². The van der Waals surface area contributed by atoms with Crippen molar-refractivity contribution in [2.45, 2.75) is 32.8 Å². The van der Waals surface area contributed by atoms with E-state index in [0.29, 0.717) is 0 Å². The third-order valence-electron chi connectivity index (χ3n) is 3.58. The predicted molar refractivity (Wildman–Crippen MR) is 62.1 cm³/mol. The number of carbonyl (C=O) groups excluding carboxylic acids is 1. The molecule has 0 spiro atoms. The number of hydrogen-bond donors (Lipinski definition) is 1. The Balaban J connectivity index is 2.48. The van der Waals surface area contributed by atoms with Crippen LogP contribution < -0.4 is 5.73 Å². The molecule has 16 heavy (non-hydrogen) atoms. The zero-order chi connectivity index (χ0) is 11.9. The minimum atomic E-state index is -0.705. The van der Waals surface area contributed by atoms with Crippen LogP contribution in [0.4, 0.5) is 4.79 Å². The summed E-state index contributed by atoms with van der Waals surface area (Å²) in [5.74, 6) is 0.261. The van der Waals surface area contributed by atoms with E-state index in [2.05, 4.69) is 25.1 Å². The molecular weight excluding hydrogens is 202 g/mol. The second-order valence-corrected chi connectivity index (χ2v) is 4.79. The molecule has 0 saturated heterocycles. The van der Waals surface area contributed by atoms with Gasteiger partial charge in [0.25, 0.3) is 0 Å². The molecule has 0 fully saturated rings. The largest absolute Gasteiger partial charge is 0.438 e. The molecule has 0 radical (unpaired) electrons. The Morgan fingerprint density at radius 2 is 2.25 bits per heavy atom. The summed E-state index contributed by atoms with van der Waals surface area (Å²) in [4.78, 5) is 11.0. The first-order chi connectivity index (χ1) is 7.43. The summed E-state index contributed by atoms with van der Waals surface area (Å²) in [7, 11) is 0. The van der Waals surface area contributed by atoms with Crippen molar-refractivity contribution in [3.8, 4) is 0 Å². The summed E-state index contributed by atoms with van der Waals surface area (Å²) in [6.45, 7) is 6.06. The highest BCUT2D eigenvalue weighted by Crippen LogP contribution is 2.44. The van der Waals surface area contributed by atoms with E-state index in [4.69, 9.17) is 10.5 Å². The van der Waals surface area contributed by atoms with Crippen LogP contribution in [0.2, 0.25) is 0 Å². The fourth-order valence-corrected chi connectivity index (χ4v) is 2.49. The van der Waals surface area contributed by atoms with E-state index in [1.54, 1.807) is 0 Å². The molecule has 2 atom stereocenters. The molecule has 3 heteroatoms. The van der Waals surface area contributed by atoms with Crippen LogP contribution in [0.5, 0.6) is 0 Å². The van der Waals surface area contributed by atoms with Gasteiger partial charge < -0.3 is 10.5 Å². The normalized spacial score (nSPS) is 27.6. The van der Waals surface area contributed by atoms with E-state index in [1.165, 1.54) is 11.1 Å². The third-order valence-corrected chi connectivity index (χ3v) is 3.58. The maximum Gasteiger partial charge on any atom is 0.405 e. The molecule has 0 bridgehead atoms. The minimum absolute atomic E-state index is 0.261. The van der Waals surface area contributed by atoms with Crippen LogP contribution >= 0.6 is 0 Å². The number of nitrogens with two attached hydrogens (primary N) is 1. The fourth-order valence-electron chi connectivity index (χ4n) is 2.49. The Bertz CT molecular complexity index is 442.